The van der Waals surface area contributed by atoms with Gasteiger partial charge in [-0.25, -0.2) is 14.7 Å². The molecule has 4 aliphatic rings. The second-order valence-corrected chi connectivity index (χ2v) is 20.6. The van der Waals surface area contributed by atoms with Crippen molar-refractivity contribution in [2.24, 2.45) is 5.92 Å². The van der Waals surface area contributed by atoms with Gasteiger partial charge < -0.3 is 30.3 Å². The number of aromatic nitrogens is 1. The number of para-hydroxylation sites is 1. The number of hydrogen-bond acceptors (Lipinski definition) is 11. The zero-order valence-electron chi connectivity index (χ0n) is 40.7. The van der Waals surface area contributed by atoms with Crippen LogP contribution in [0.25, 0.3) is 10.2 Å². The Kier molecular flexibility index (Phi) is 13.3. The van der Waals surface area contributed by atoms with Gasteiger partial charge in [0.2, 0.25) is 11.8 Å². The number of hydrogen-bond donors (Lipinski definition) is 4. The predicted molar refractivity (Wildman–Crippen MR) is 282 cm³/mol. The van der Waals surface area contributed by atoms with E-state index in [2.05, 4.69) is 22.5 Å². The van der Waals surface area contributed by atoms with Gasteiger partial charge in [-0.05, 0) is 103 Å². The number of imide groups is 1. The Bertz CT molecular complexity index is 3250. The number of amides is 4. The molecule has 74 heavy (non-hydrogen) atoms. The molecule has 3 fully saturated rings. The minimum absolute atomic E-state index is 0.0336. The molecule has 374 valence electrons. The lowest BCUT2D eigenvalue weighted by molar-refractivity contribution is -0.177. The van der Waals surface area contributed by atoms with Gasteiger partial charge in [0.15, 0.2) is 5.13 Å². The minimum atomic E-state index is -2.07. The Morgan fingerprint density at radius 2 is 1.47 bits per heavy atom. The van der Waals surface area contributed by atoms with E-state index < -0.39 is 71.0 Å². The van der Waals surface area contributed by atoms with Crippen LogP contribution in [0.1, 0.15) is 103 Å². The lowest BCUT2D eigenvalue weighted by Gasteiger charge is -2.46. The number of morpholine rings is 1. The van der Waals surface area contributed by atoms with Crippen LogP contribution in [0.2, 0.25) is 0 Å². The SMILES string of the molecule is C[C@@H](NC(=O)N1C(=O)[C@@]2(c3cc(C#CC4(O)CCCCCC4)ccc31)[C@H](c1ccc(OCCO)cc1)N1[C@H](c3ccccc3)[C@H](c3ccccc3)OC(=O)[C@H]1[C@@H]2C(=O)Nc1nc2ccccc2s1)c1ccccc1. The number of carbonyl (C=O) groups is 4. The number of ether oxygens (including phenoxy) is 2. The molecular weight excluding hydrogens is 951 g/mol. The Morgan fingerprint density at radius 1 is 0.811 bits per heavy atom. The summed E-state index contributed by atoms with van der Waals surface area (Å²) in [6.07, 6.45) is 3.75. The summed E-state index contributed by atoms with van der Waals surface area (Å²) in [5, 5.41) is 27.9. The number of cyclic esters (lactones) is 1. The second-order valence-electron chi connectivity index (χ2n) is 19.5. The number of aliphatic hydroxyl groups is 2. The lowest BCUT2D eigenvalue weighted by Crippen LogP contribution is -2.55. The zero-order chi connectivity index (χ0) is 51.0. The first kappa shape index (κ1) is 48.6. The van der Waals surface area contributed by atoms with E-state index in [0.717, 1.165) is 46.4 Å². The summed E-state index contributed by atoms with van der Waals surface area (Å²) in [5.41, 5.74) is 1.07. The fourth-order valence-electron chi connectivity index (χ4n) is 11.7. The first-order valence-corrected chi connectivity index (χ1v) is 26.1. The fourth-order valence-corrected chi connectivity index (χ4v) is 12.6. The molecule has 1 aromatic heterocycles. The van der Waals surface area contributed by atoms with Crippen LogP contribution >= 0.6 is 11.3 Å². The molecule has 4 heterocycles. The summed E-state index contributed by atoms with van der Waals surface area (Å²) in [7, 11) is 0. The summed E-state index contributed by atoms with van der Waals surface area (Å²) in [6, 6.07) is 43.4. The lowest BCUT2D eigenvalue weighted by atomic mass is 9.65. The van der Waals surface area contributed by atoms with Crippen LogP contribution in [0.4, 0.5) is 15.6 Å². The van der Waals surface area contributed by atoms with Crippen molar-refractivity contribution in [1.29, 1.82) is 0 Å². The number of fused-ring (bicyclic) bond motifs is 4. The molecular formula is C60H55N5O8S. The molecule has 3 aliphatic heterocycles. The van der Waals surface area contributed by atoms with Crippen LogP contribution in [0, 0.1) is 17.8 Å². The quantitative estimate of drug-likeness (QED) is 0.0588. The Balaban J connectivity index is 1.19. The molecule has 7 aromatic rings. The number of urea groups is 1. The van der Waals surface area contributed by atoms with Crippen LogP contribution < -0.4 is 20.3 Å². The Labute approximate surface area is 433 Å². The number of nitrogens with zero attached hydrogens (tertiary/aromatic N) is 3. The average molecular weight is 1010 g/mol. The second kappa shape index (κ2) is 20.3. The number of carbonyl (C=O) groups excluding carboxylic acids is 4. The maximum Gasteiger partial charge on any atom is 0.329 e. The van der Waals surface area contributed by atoms with Crippen molar-refractivity contribution < 1.29 is 38.9 Å². The molecule has 0 radical (unpaired) electrons. The largest absolute Gasteiger partial charge is 0.491 e. The molecule has 1 spiro atoms. The number of thiazole rings is 1. The molecule has 4 N–H and O–H groups in total. The van der Waals surface area contributed by atoms with Crippen LogP contribution in [-0.2, 0) is 24.5 Å². The molecule has 6 aromatic carbocycles. The molecule has 0 unspecified atom stereocenters. The number of esters is 1. The maximum absolute atomic E-state index is 16.9. The Hall–Kier alpha value is -7.67. The van der Waals surface area contributed by atoms with Crippen molar-refractivity contribution in [3.05, 3.63) is 191 Å². The van der Waals surface area contributed by atoms with Gasteiger partial charge in [-0.2, -0.15) is 0 Å². The fraction of sp³-hybridized carbons (Fsp3) is 0.283. The van der Waals surface area contributed by atoms with Crippen LogP contribution in [0.5, 0.6) is 5.75 Å². The van der Waals surface area contributed by atoms with Gasteiger partial charge in [-0.15, -0.1) is 0 Å². The highest BCUT2D eigenvalue weighted by Gasteiger charge is 2.75. The van der Waals surface area contributed by atoms with E-state index in [4.69, 9.17) is 14.5 Å². The first-order chi connectivity index (χ1) is 36.1. The summed E-state index contributed by atoms with van der Waals surface area (Å²) in [4.78, 5) is 71.7. The third kappa shape index (κ3) is 8.79. The highest BCUT2D eigenvalue weighted by molar-refractivity contribution is 7.22. The third-order valence-electron chi connectivity index (χ3n) is 15.0. The molecule has 14 heteroatoms. The number of aliphatic hydroxyl groups excluding tert-OH is 1. The van der Waals surface area contributed by atoms with E-state index in [1.165, 1.54) is 11.3 Å². The molecule has 0 bridgehead atoms. The topological polar surface area (TPSA) is 171 Å². The molecule has 1 saturated carbocycles. The van der Waals surface area contributed by atoms with Crippen LogP contribution in [0.15, 0.2) is 158 Å². The third-order valence-corrected chi connectivity index (χ3v) is 16.0. The van der Waals surface area contributed by atoms with Crippen molar-refractivity contribution >= 4 is 56.2 Å². The van der Waals surface area contributed by atoms with E-state index in [1.807, 2.05) is 139 Å². The predicted octanol–water partition coefficient (Wildman–Crippen LogP) is 9.88. The van der Waals surface area contributed by atoms with Crippen molar-refractivity contribution in [3.63, 3.8) is 0 Å². The standard InChI is InChI=1S/C60H55N5O8S/c1-38(40-17-7-4-8-18-40)61-58(70)64-47-30-25-39(31-34-59(71)32-15-2-3-16-33-59)37-45(47)60(56(64)69)49(54(67)63-57-62-46-23-13-14-24-48(46)74-57)51-55(68)73-52(42-21-11-6-12-22-42)50(41-19-9-5-10-20-41)65(51)53(60)43-26-28-44(29-27-43)72-36-35-66/h4-14,17-30,37-38,49-53,66,71H,2-3,15-16,32-33,35-36H2,1H3,(H,61,70)(H,62,63,67)/t38-,49-,50-,51-,52+,53+,60-/m1/s1. The maximum atomic E-state index is 16.9. The summed E-state index contributed by atoms with van der Waals surface area (Å²) in [5.74, 6) is 3.17. The summed E-state index contributed by atoms with van der Waals surface area (Å²) < 4.78 is 13.3. The molecule has 11 rings (SSSR count). The first-order valence-electron chi connectivity index (χ1n) is 25.3. The van der Waals surface area contributed by atoms with Gasteiger partial charge in [0.05, 0.1) is 46.6 Å². The van der Waals surface area contributed by atoms with Gasteiger partial charge in [-0.1, -0.05) is 151 Å². The smallest absolute Gasteiger partial charge is 0.329 e. The van der Waals surface area contributed by atoms with Gasteiger partial charge in [-0.3, -0.25) is 19.3 Å². The molecule has 7 atom stereocenters. The van der Waals surface area contributed by atoms with Crippen LogP contribution in [-0.4, -0.2) is 68.8 Å². The summed E-state index contributed by atoms with van der Waals surface area (Å²) >= 11 is 1.26. The highest BCUT2D eigenvalue weighted by Crippen LogP contribution is 2.66. The molecule has 4 amide bonds. The molecule has 2 saturated heterocycles. The average Bonchev–Trinajstić information content (AvgIpc) is 4.00. The molecule has 1 aliphatic carbocycles. The zero-order valence-corrected chi connectivity index (χ0v) is 41.5. The van der Waals surface area contributed by atoms with Crippen molar-refractivity contribution in [3.8, 4) is 17.6 Å². The monoisotopic (exact) mass is 1010 g/mol. The van der Waals surface area contributed by atoms with Gasteiger partial charge in [0.1, 0.15) is 35.5 Å². The van der Waals surface area contributed by atoms with Gasteiger partial charge in [0, 0.05) is 5.56 Å². The number of rotatable bonds is 10. The summed E-state index contributed by atoms with van der Waals surface area (Å²) in [6.45, 7) is 1.65. The minimum Gasteiger partial charge on any atom is -0.491 e. The van der Waals surface area contributed by atoms with Crippen molar-refractivity contribution in [1.82, 2.24) is 15.2 Å². The van der Waals surface area contributed by atoms with Gasteiger partial charge in [0.25, 0.3) is 0 Å². The van der Waals surface area contributed by atoms with Crippen molar-refractivity contribution in [2.75, 3.05) is 23.4 Å². The normalized spacial score (nSPS) is 23.4. The van der Waals surface area contributed by atoms with E-state index in [0.29, 0.717) is 46.4 Å². The Morgan fingerprint density at radius 3 is 2.16 bits per heavy atom. The van der Waals surface area contributed by atoms with Crippen LogP contribution in [0.3, 0.4) is 0 Å². The number of nitrogens with one attached hydrogen (secondary N) is 2. The van der Waals surface area contributed by atoms with Crippen molar-refractivity contribution in [2.45, 2.75) is 86.7 Å². The molecule has 13 nitrogen and oxygen atoms in total. The van der Waals surface area contributed by atoms with E-state index in [9.17, 15) is 10.2 Å². The van der Waals surface area contributed by atoms with E-state index >= 15 is 19.2 Å². The van der Waals surface area contributed by atoms with E-state index in [1.54, 1.807) is 30.3 Å². The highest BCUT2D eigenvalue weighted by atomic mass is 32.1. The van der Waals surface area contributed by atoms with Gasteiger partial charge >= 0.3 is 12.0 Å². The van der Waals surface area contributed by atoms with E-state index in [-0.39, 0.29) is 24.0 Å². The number of anilines is 2. The number of benzene rings is 6.